The molecule has 0 amide bonds. The van der Waals surface area contributed by atoms with Gasteiger partial charge in [-0.3, -0.25) is 4.79 Å². The number of anilines is 1. The molecule has 10 nitrogen and oxygen atoms in total. The van der Waals surface area contributed by atoms with Gasteiger partial charge in [0.2, 0.25) is 5.95 Å². The van der Waals surface area contributed by atoms with Gasteiger partial charge < -0.3 is 19.5 Å². The van der Waals surface area contributed by atoms with Crippen LogP contribution >= 0.6 is 0 Å². The maximum absolute atomic E-state index is 13.9. The van der Waals surface area contributed by atoms with Crippen molar-refractivity contribution in [1.82, 2.24) is 20.2 Å². The van der Waals surface area contributed by atoms with Gasteiger partial charge in [0, 0.05) is 5.56 Å². The lowest BCUT2D eigenvalue weighted by molar-refractivity contribution is -0.136. The van der Waals surface area contributed by atoms with E-state index >= 15 is 0 Å². The van der Waals surface area contributed by atoms with E-state index in [0.29, 0.717) is 17.1 Å². The van der Waals surface area contributed by atoms with E-state index in [4.69, 9.17) is 14.2 Å². The van der Waals surface area contributed by atoms with Crippen LogP contribution in [0, 0.1) is 0 Å². The lowest BCUT2D eigenvalue weighted by atomic mass is 9.89. The largest absolute Gasteiger partial charge is 0.493 e. The number of benzene rings is 2. The molecule has 0 unspecified atom stereocenters. The highest BCUT2D eigenvalue weighted by Gasteiger charge is 2.38. The van der Waals surface area contributed by atoms with Crippen molar-refractivity contribution in [1.29, 1.82) is 0 Å². The van der Waals surface area contributed by atoms with Crippen molar-refractivity contribution in [3.8, 4) is 11.5 Å². The summed E-state index contributed by atoms with van der Waals surface area (Å²) in [5.41, 5.74) is 2.31. The van der Waals surface area contributed by atoms with E-state index in [2.05, 4.69) is 27.8 Å². The molecule has 0 radical (unpaired) electrons. The molecule has 1 atom stereocenters. The normalized spacial score (nSPS) is 14.8. The fourth-order valence-electron chi connectivity index (χ4n) is 3.77. The maximum Gasteiger partial charge on any atom is 0.355 e. The number of nitrogens with one attached hydrogen (secondary N) is 1. The lowest BCUT2D eigenvalue weighted by Crippen LogP contribution is -2.33. The smallest absolute Gasteiger partial charge is 0.355 e. The highest BCUT2D eigenvalue weighted by atomic mass is 16.5. The number of ether oxygens (including phenoxy) is 3. The van der Waals surface area contributed by atoms with Gasteiger partial charge in [-0.25, -0.2) is 4.79 Å². The molecule has 170 valence electrons. The zero-order chi connectivity index (χ0) is 23.5. The van der Waals surface area contributed by atoms with Gasteiger partial charge in [-0.15, -0.1) is 0 Å². The third kappa shape index (κ3) is 3.91. The summed E-state index contributed by atoms with van der Waals surface area (Å²) in [7, 11) is 4.24. The highest BCUT2D eigenvalue weighted by molar-refractivity contribution is 6.15. The first-order valence-electron chi connectivity index (χ1n) is 10.2. The molecule has 1 aromatic heterocycles. The Kier molecular flexibility index (Phi) is 6.07. The zero-order valence-corrected chi connectivity index (χ0v) is 18.7. The number of allylic oxidation sites excluding steroid dienone is 1. The Bertz CT molecular complexity index is 1230. The molecule has 10 heteroatoms. The summed E-state index contributed by atoms with van der Waals surface area (Å²) in [5.74, 6) is -0.0200. The minimum absolute atomic E-state index is 0.0239. The standard InChI is InChI=1S/C23H23N5O5/c1-5-13-6-8-14(9-7-13)20-18(19(22(30)33-4)24-23-25-26-27-28(20)23)21(29)15-10-11-16(31-2)17(12-15)32-3/h6-12,20H,5H2,1-4H3,(H,24,25,27)/t20-/m1/s1. The molecule has 2 heterocycles. The van der Waals surface area contributed by atoms with Crippen LogP contribution < -0.4 is 14.8 Å². The first kappa shape index (κ1) is 22.0. The second kappa shape index (κ2) is 9.11. The Labute approximate surface area is 190 Å². The van der Waals surface area contributed by atoms with E-state index in [9.17, 15) is 9.59 Å². The number of aryl methyl sites for hydroxylation is 1. The number of tetrazole rings is 1. The molecule has 0 aliphatic carbocycles. The Morgan fingerprint density at radius 2 is 1.76 bits per heavy atom. The van der Waals surface area contributed by atoms with Crippen LogP contribution in [0.5, 0.6) is 11.5 Å². The number of carbonyl (C=O) groups excluding carboxylic acids is 2. The predicted octanol–water partition coefficient (Wildman–Crippen LogP) is 2.58. The number of methoxy groups -OCH3 is 3. The zero-order valence-electron chi connectivity index (χ0n) is 18.7. The Morgan fingerprint density at radius 1 is 1.03 bits per heavy atom. The van der Waals surface area contributed by atoms with Crippen molar-refractivity contribution in [2.45, 2.75) is 19.4 Å². The number of esters is 1. The molecule has 0 fully saturated rings. The van der Waals surface area contributed by atoms with E-state index in [1.54, 1.807) is 18.2 Å². The van der Waals surface area contributed by atoms with E-state index in [1.165, 1.54) is 26.0 Å². The molecule has 4 rings (SSSR count). The van der Waals surface area contributed by atoms with Crippen LogP contribution in [0.4, 0.5) is 5.95 Å². The van der Waals surface area contributed by atoms with Crippen LogP contribution in [0.3, 0.4) is 0 Å². The molecule has 3 aromatic rings. The Hall–Kier alpha value is -4.21. The summed E-state index contributed by atoms with van der Waals surface area (Å²) in [6.45, 7) is 2.06. The molecule has 33 heavy (non-hydrogen) atoms. The van der Waals surface area contributed by atoms with E-state index < -0.39 is 17.8 Å². The van der Waals surface area contributed by atoms with E-state index in [0.717, 1.165) is 17.5 Å². The van der Waals surface area contributed by atoms with Crippen LogP contribution in [0.25, 0.3) is 0 Å². The van der Waals surface area contributed by atoms with Crippen molar-refractivity contribution in [3.05, 3.63) is 70.4 Å². The number of ketones is 1. The fraction of sp³-hybridized carbons (Fsp3) is 0.261. The number of nitrogens with zero attached hydrogens (tertiary/aromatic N) is 4. The summed E-state index contributed by atoms with van der Waals surface area (Å²) in [5, 5.41) is 14.6. The minimum Gasteiger partial charge on any atom is -0.493 e. The van der Waals surface area contributed by atoms with Gasteiger partial charge in [-0.2, -0.15) is 4.68 Å². The second-order valence-electron chi connectivity index (χ2n) is 7.25. The third-order valence-electron chi connectivity index (χ3n) is 5.50. The number of fused-ring (bicyclic) bond motifs is 1. The summed E-state index contributed by atoms with van der Waals surface area (Å²) in [6, 6.07) is 11.8. The SMILES string of the molecule is CCc1ccc([C@@H]2C(C(=O)c3ccc(OC)c(OC)c3)=C(C(=O)OC)Nc3nnnn32)cc1. The van der Waals surface area contributed by atoms with Gasteiger partial charge in [0.1, 0.15) is 11.7 Å². The predicted molar refractivity (Wildman–Crippen MR) is 118 cm³/mol. The van der Waals surface area contributed by atoms with Crippen LogP contribution in [-0.4, -0.2) is 53.3 Å². The van der Waals surface area contributed by atoms with Crippen molar-refractivity contribution < 1.29 is 23.8 Å². The molecule has 1 aliphatic heterocycles. The molecule has 2 aromatic carbocycles. The molecule has 0 spiro atoms. The summed E-state index contributed by atoms with van der Waals surface area (Å²) >= 11 is 0. The average Bonchev–Trinajstić information content (AvgIpc) is 3.34. The molecule has 0 saturated carbocycles. The average molecular weight is 449 g/mol. The Balaban J connectivity index is 1.91. The van der Waals surface area contributed by atoms with Crippen LogP contribution in [-0.2, 0) is 16.0 Å². The minimum atomic E-state index is -0.753. The summed E-state index contributed by atoms with van der Waals surface area (Å²) < 4.78 is 17.1. The highest BCUT2D eigenvalue weighted by Crippen LogP contribution is 2.38. The van der Waals surface area contributed by atoms with Crippen molar-refractivity contribution in [3.63, 3.8) is 0 Å². The van der Waals surface area contributed by atoms with Crippen LogP contribution in [0.15, 0.2) is 53.7 Å². The topological polar surface area (TPSA) is 117 Å². The first-order valence-corrected chi connectivity index (χ1v) is 10.2. The molecular formula is C23H23N5O5. The third-order valence-corrected chi connectivity index (χ3v) is 5.50. The maximum atomic E-state index is 13.9. The Morgan fingerprint density at radius 3 is 2.39 bits per heavy atom. The van der Waals surface area contributed by atoms with E-state index in [1.807, 2.05) is 24.3 Å². The van der Waals surface area contributed by atoms with Crippen molar-refractivity contribution in [2.24, 2.45) is 0 Å². The molecular weight excluding hydrogens is 426 g/mol. The fourth-order valence-corrected chi connectivity index (χ4v) is 3.77. The van der Waals surface area contributed by atoms with E-state index in [-0.39, 0.29) is 17.2 Å². The lowest BCUT2D eigenvalue weighted by Gasteiger charge is -2.28. The van der Waals surface area contributed by atoms with Crippen molar-refractivity contribution >= 4 is 17.7 Å². The van der Waals surface area contributed by atoms with Gasteiger partial charge in [0.05, 0.1) is 26.9 Å². The molecule has 0 saturated heterocycles. The number of hydrogen-bond donors (Lipinski definition) is 1. The molecule has 0 bridgehead atoms. The monoisotopic (exact) mass is 449 g/mol. The second-order valence-corrected chi connectivity index (χ2v) is 7.25. The molecule has 1 N–H and O–H groups in total. The van der Waals surface area contributed by atoms with Gasteiger partial charge in [-0.1, -0.05) is 36.3 Å². The van der Waals surface area contributed by atoms with Gasteiger partial charge in [-0.05, 0) is 46.2 Å². The van der Waals surface area contributed by atoms with Gasteiger partial charge >= 0.3 is 5.97 Å². The summed E-state index contributed by atoms with van der Waals surface area (Å²) in [6.07, 6.45) is 0.864. The number of rotatable bonds is 7. The van der Waals surface area contributed by atoms with Crippen LogP contribution in [0.2, 0.25) is 0 Å². The number of carbonyl (C=O) groups is 2. The number of hydrogen-bond acceptors (Lipinski definition) is 9. The van der Waals surface area contributed by atoms with Crippen LogP contribution in [0.1, 0.15) is 34.5 Å². The number of aromatic nitrogens is 4. The number of Topliss-reactive ketones (excluding diaryl/α,β-unsaturated/α-hetero) is 1. The summed E-state index contributed by atoms with van der Waals surface area (Å²) in [4.78, 5) is 26.6. The first-order chi connectivity index (χ1) is 16.0. The van der Waals surface area contributed by atoms with Gasteiger partial charge in [0.15, 0.2) is 17.3 Å². The van der Waals surface area contributed by atoms with Gasteiger partial charge in [0.25, 0.3) is 0 Å². The quantitative estimate of drug-likeness (QED) is 0.429. The van der Waals surface area contributed by atoms with Crippen molar-refractivity contribution in [2.75, 3.05) is 26.6 Å². The molecule has 1 aliphatic rings.